The highest BCUT2D eigenvalue weighted by atomic mass is 35.5. The monoisotopic (exact) mass is 495 g/mol. The number of nitrogens with one attached hydrogen (secondary N) is 2. The summed E-state index contributed by atoms with van der Waals surface area (Å²) in [5.74, 6) is -0.904. The quantitative estimate of drug-likeness (QED) is 0.515. The van der Waals surface area contributed by atoms with E-state index in [1.54, 1.807) is 36.2 Å². The number of aromatic amines is 1. The number of fused-ring (bicyclic) bond motifs is 1. The topological polar surface area (TPSA) is 92.2 Å². The fourth-order valence-electron chi connectivity index (χ4n) is 4.10. The molecule has 0 aliphatic carbocycles. The van der Waals surface area contributed by atoms with E-state index in [1.807, 2.05) is 24.3 Å². The van der Waals surface area contributed by atoms with Crippen molar-refractivity contribution >= 4 is 57.3 Å². The van der Waals surface area contributed by atoms with Crippen LogP contribution in [-0.2, 0) is 9.59 Å². The summed E-state index contributed by atoms with van der Waals surface area (Å²) in [5, 5.41) is 14.3. The Bertz CT molecular complexity index is 1300. The smallest absolute Gasteiger partial charge is 0.243 e. The number of likely N-dealkylation sites (N-methyl/N-ethyl adjacent to an activating group) is 1. The third-order valence-corrected chi connectivity index (χ3v) is 6.51. The number of hydrogen-bond acceptors (Lipinski definition) is 4. The molecule has 3 aromatic rings. The second-order valence-electron chi connectivity index (χ2n) is 8.31. The molecule has 1 fully saturated rings. The van der Waals surface area contributed by atoms with Crippen molar-refractivity contribution in [2.45, 2.75) is 12.5 Å². The van der Waals surface area contributed by atoms with Crippen molar-refractivity contribution in [1.29, 1.82) is 5.26 Å². The van der Waals surface area contributed by atoms with E-state index in [-0.39, 0.29) is 24.9 Å². The summed E-state index contributed by atoms with van der Waals surface area (Å²) in [7, 11) is 1.75. The maximum atomic E-state index is 13.1. The van der Waals surface area contributed by atoms with E-state index in [9.17, 15) is 14.9 Å². The van der Waals surface area contributed by atoms with Gasteiger partial charge in [-0.25, -0.2) is 0 Å². The van der Waals surface area contributed by atoms with Crippen molar-refractivity contribution in [3.63, 3.8) is 0 Å². The number of halogens is 2. The number of benzene rings is 2. The Morgan fingerprint density at radius 2 is 2.00 bits per heavy atom. The van der Waals surface area contributed by atoms with Gasteiger partial charge in [0.15, 0.2) is 0 Å². The molecule has 7 nitrogen and oxygen atoms in total. The van der Waals surface area contributed by atoms with E-state index in [0.717, 1.165) is 10.9 Å². The molecule has 2 atom stereocenters. The Labute approximate surface area is 207 Å². The van der Waals surface area contributed by atoms with Crippen LogP contribution >= 0.6 is 23.2 Å². The summed E-state index contributed by atoms with van der Waals surface area (Å²) in [6, 6.07) is 15.9. The van der Waals surface area contributed by atoms with Gasteiger partial charge < -0.3 is 20.1 Å². The zero-order chi connectivity index (χ0) is 24.4. The summed E-state index contributed by atoms with van der Waals surface area (Å²) in [6.45, 7) is 4.30. The Kier molecular flexibility index (Phi) is 6.82. The number of H-pyrrole nitrogens is 1. The standard InChI is InChI=1S/C25H23Cl2N5O2/c1-15(22-11-20-21(27)9-17(26)10-23(20)30-22)31(2)14-24(33)32-13-16(8-19(32)12-28)25(34)29-18-6-4-3-5-7-18/h3-7,9-11,16,19,30H,1,8,13-14H2,2H3,(H,29,34). The molecule has 1 aliphatic heterocycles. The van der Waals surface area contributed by atoms with Gasteiger partial charge in [0.05, 0.1) is 34.9 Å². The Morgan fingerprint density at radius 3 is 2.71 bits per heavy atom. The largest absolute Gasteiger partial charge is 0.364 e. The number of anilines is 1. The molecule has 174 valence electrons. The number of carbonyl (C=O) groups is 2. The van der Waals surface area contributed by atoms with Gasteiger partial charge in [0.1, 0.15) is 6.04 Å². The lowest BCUT2D eigenvalue weighted by molar-refractivity contribution is -0.131. The van der Waals surface area contributed by atoms with Crippen LogP contribution in [0.3, 0.4) is 0 Å². The molecule has 0 bridgehead atoms. The first-order valence-corrected chi connectivity index (χ1v) is 11.5. The Morgan fingerprint density at radius 1 is 1.26 bits per heavy atom. The highest BCUT2D eigenvalue weighted by Gasteiger charge is 2.39. The minimum absolute atomic E-state index is 0.00783. The molecule has 0 radical (unpaired) electrons. The predicted molar refractivity (Wildman–Crippen MR) is 134 cm³/mol. The van der Waals surface area contributed by atoms with Gasteiger partial charge in [-0.05, 0) is 36.8 Å². The van der Waals surface area contributed by atoms with Crippen molar-refractivity contribution in [2.24, 2.45) is 5.92 Å². The molecule has 0 spiro atoms. The molecule has 2 unspecified atom stereocenters. The lowest BCUT2D eigenvalue weighted by Gasteiger charge is -2.25. The lowest BCUT2D eigenvalue weighted by atomic mass is 10.1. The van der Waals surface area contributed by atoms with Gasteiger partial charge in [0.2, 0.25) is 11.8 Å². The number of amides is 2. The summed E-state index contributed by atoms with van der Waals surface area (Å²) >= 11 is 12.4. The van der Waals surface area contributed by atoms with E-state index < -0.39 is 12.0 Å². The lowest BCUT2D eigenvalue weighted by Crippen LogP contribution is -2.41. The van der Waals surface area contributed by atoms with Gasteiger partial charge in [0, 0.05) is 35.2 Å². The maximum absolute atomic E-state index is 13.1. The van der Waals surface area contributed by atoms with Crippen molar-refractivity contribution in [3.8, 4) is 6.07 Å². The van der Waals surface area contributed by atoms with Crippen LogP contribution in [0, 0.1) is 17.2 Å². The SMILES string of the molecule is C=C(c1cc2c(Cl)cc(Cl)cc2[nH]1)N(C)CC(=O)N1CC(C(=O)Nc2ccccc2)CC1C#N. The third-order valence-electron chi connectivity index (χ3n) is 5.98. The van der Waals surface area contributed by atoms with Crippen LogP contribution in [0.1, 0.15) is 12.1 Å². The molecular weight excluding hydrogens is 473 g/mol. The van der Waals surface area contributed by atoms with E-state index in [0.29, 0.717) is 33.5 Å². The van der Waals surface area contributed by atoms with E-state index in [1.165, 1.54) is 4.90 Å². The first kappa shape index (κ1) is 23.7. The van der Waals surface area contributed by atoms with Crippen LogP contribution in [0.25, 0.3) is 16.6 Å². The van der Waals surface area contributed by atoms with Crippen LogP contribution in [-0.4, -0.2) is 52.8 Å². The molecule has 2 amide bonds. The van der Waals surface area contributed by atoms with E-state index >= 15 is 0 Å². The zero-order valence-corrected chi connectivity index (χ0v) is 20.0. The number of rotatable bonds is 6. The van der Waals surface area contributed by atoms with Crippen LogP contribution in [0.4, 0.5) is 5.69 Å². The molecule has 1 aliphatic rings. The van der Waals surface area contributed by atoms with Crippen molar-refractivity contribution in [1.82, 2.24) is 14.8 Å². The highest BCUT2D eigenvalue weighted by Crippen LogP contribution is 2.31. The van der Waals surface area contributed by atoms with Gasteiger partial charge in [-0.2, -0.15) is 5.26 Å². The molecule has 34 heavy (non-hydrogen) atoms. The molecular formula is C25H23Cl2N5O2. The summed E-state index contributed by atoms with van der Waals surface area (Å²) in [4.78, 5) is 32.2. The molecule has 2 heterocycles. The number of aromatic nitrogens is 1. The number of nitriles is 1. The van der Waals surface area contributed by atoms with Gasteiger partial charge >= 0.3 is 0 Å². The summed E-state index contributed by atoms with van der Waals surface area (Å²) in [5.41, 5.74) is 2.74. The van der Waals surface area contributed by atoms with Crippen molar-refractivity contribution in [3.05, 3.63) is 70.8 Å². The fraction of sp³-hybridized carbons (Fsp3) is 0.240. The fourth-order valence-corrected chi connectivity index (χ4v) is 4.65. The summed E-state index contributed by atoms with van der Waals surface area (Å²) < 4.78 is 0. The van der Waals surface area contributed by atoms with Crippen molar-refractivity contribution in [2.75, 3.05) is 25.5 Å². The molecule has 9 heteroatoms. The highest BCUT2D eigenvalue weighted by molar-refractivity contribution is 6.38. The molecule has 1 saturated heterocycles. The molecule has 2 N–H and O–H groups in total. The number of hydrogen-bond donors (Lipinski definition) is 2. The predicted octanol–water partition coefficient (Wildman–Crippen LogP) is 4.76. The Hall–Kier alpha value is -3.47. The normalized spacial score (nSPS) is 17.4. The van der Waals surface area contributed by atoms with Crippen molar-refractivity contribution < 1.29 is 9.59 Å². The van der Waals surface area contributed by atoms with Gasteiger partial charge in [-0.1, -0.05) is 48.0 Å². The van der Waals surface area contributed by atoms with Crippen LogP contribution < -0.4 is 5.32 Å². The summed E-state index contributed by atoms with van der Waals surface area (Å²) in [6.07, 6.45) is 0.298. The zero-order valence-electron chi connectivity index (χ0n) is 18.5. The van der Waals surface area contributed by atoms with Gasteiger partial charge in [-0.15, -0.1) is 0 Å². The van der Waals surface area contributed by atoms with Crippen LogP contribution in [0.5, 0.6) is 0 Å². The van der Waals surface area contributed by atoms with E-state index in [2.05, 4.69) is 22.9 Å². The van der Waals surface area contributed by atoms with Crippen LogP contribution in [0.2, 0.25) is 10.0 Å². The number of carbonyl (C=O) groups excluding carboxylic acids is 2. The maximum Gasteiger partial charge on any atom is 0.243 e. The average molecular weight is 496 g/mol. The molecule has 4 rings (SSSR count). The first-order chi connectivity index (χ1) is 16.3. The molecule has 0 saturated carbocycles. The Balaban J connectivity index is 1.42. The number of para-hydroxylation sites is 1. The second-order valence-corrected chi connectivity index (χ2v) is 9.16. The number of nitrogens with zero attached hydrogens (tertiary/aromatic N) is 3. The minimum Gasteiger partial charge on any atom is -0.364 e. The minimum atomic E-state index is -0.658. The molecule has 2 aromatic carbocycles. The van der Waals surface area contributed by atoms with Gasteiger partial charge in [-0.3, -0.25) is 9.59 Å². The third kappa shape index (κ3) is 4.89. The van der Waals surface area contributed by atoms with Crippen LogP contribution in [0.15, 0.2) is 55.1 Å². The van der Waals surface area contributed by atoms with E-state index in [4.69, 9.17) is 23.2 Å². The number of likely N-dealkylation sites (tertiary alicyclic amines) is 1. The average Bonchev–Trinajstić information content (AvgIpc) is 3.44. The second kappa shape index (κ2) is 9.80. The van der Waals surface area contributed by atoms with Gasteiger partial charge in [0.25, 0.3) is 0 Å². The first-order valence-electron chi connectivity index (χ1n) is 10.7. The molecule has 1 aromatic heterocycles.